The van der Waals surface area contributed by atoms with Crippen LogP contribution in [-0.2, 0) is 6.54 Å². The summed E-state index contributed by atoms with van der Waals surface area (Å²) >= 11 is 3.48. The predicted molar refractivity (Wildman–Crippen MR) is 85.2 cm³/mol. The Morgan fingerprint density at radius 2 is 2.05 bits per heavy atom. The van der Waals surface area contributed by atoms with Crippen molar-refractivity contribution in [3.63, 3.8) is 0 Å². The molecule has 19 heavy (non-hydrogen) atoms. The van der Waals surface area contributed by atoms with Gasteiger partial charge in [0.1, 0.15) is 5.75 Å². The van der Waals surface area contributed by atoms with Crippen molar-refractivity contribution in [3.8, 4) is 5.75 Å². The molecule has 0 bridgehead atoms. The molecule has 0 heterocycles. The van der Waals surface area contributed by atoms with Gasteiger partial charge in [0, 0.05) is 23.2 Å². The van der Waals surface area contributed by atoms with E-state index in [1.165, 1.54) is 5.56 Å². The van der Waals surface area contributed by atoms with Crippen LogP contribution in [0.15, 0.2) is 22.7 Å². The van der Waals surface area contributed by atoms with E-state index in [9.17, 15) is 0 Å². The van der Waals surface area contributed by atoms with Crippen LogP contribution < -0.4 is 10.1 Å². The van der Waals surface area contributed by atoms with Crippen molar-refractivity contribution >= 4 is 28.3 Å². The summed E-state index contributed by atoms with van der Waals surface area (Å²) in [6.07, 6.45) is 3.06. The SMILES string of the molecule is CCOc1ccc(Br)cc1CNCCCCCO.Cl. The highest BCUT2D eigenvalue weighted by molar-refractivity contribution is 9.10. The van der Waals surface area contributed by atoms with Gasteiger partial charge in [-0.25, -0.2) is 0 Å². The van der Waals surface area contributed by atoms with Crippen molar-refractivity contribution in [1.82, 2.24) is 5.32 Å². The Labute approximate surface area is 130 Å². The van der Waals surface area contributed by atoms with Crippen molar-refractivity contribution in [1.29, 1.82) is 0 Å². The van der Waals surface area contributed by atoms with E-state index in [1.807, 2.05) is 19.1 Å². The maximum Gasteiger partial charge on any atom is 0.123 e. The summed E-state index contributed by atoms with van der Waals surface area (Å²) in [4.78, 5) is 0. The van der Waals surface area contributed by atoms with Gasteiger partial charge >= 0.3 is 0 Å². The van der Waals surface area contributed by atoms with Crippen LogP contribution in [0.1, 0.15) is 31.7 Å². The molecule has 110 valence electrons. The van der Waals surface area contributed by atoms with Crippen molar-refractivity contribution in [2.45, 2.75) is 32.7 Å². The summed E-state index contributed by atoms with van der Waals surface area (Å²) in [6, 6.07) is 6.08. The molecular formula is C14H23BrClNO2. The normalized spacial score (nSPS) is 10.1. The Kier molecular flexibility index (Phi) is 11.4. The molecule has 0 saturated carbocycles. The fourth-order valence-electron chi connectivity index (χ4n) is 1.74. The number of unbranched alkanes of at least 4 members (excludes halogenated alkanes) is 2. The first-order valence-corrected chi connectivity index (χ1v) is 7.30. The van der Waals surface area contributed by atoms with Gasteiger partial charge in [-0.2, -0.15) is 0 Å². The second-order valence-electron chi connectivity index (χ2n) is 4.15. The first-order chi connectivity index (χ1) is 8.77. The van der Waals surface area contributed by atoms with E-state index in [0.29, 0.717) is 13.2 Å². The standard InChI is InChI=1S/C14H22BrNO2.ClH/c1-2-18-14-7-6-13(15)10-12(14)11-16-8-4-3-5-9-17;/h6-7,10,16-17H,2-5,8-9,11H2,1H3;1H. The average molecular weight is 353 g/mol. The van der Waals surface area contributed by atoms with E-state index in [-0.39, 0.29) is 12.4 Å². The fraction of sp³-hybridized carbons (Fsp3) is 0.571. The highest BCUT2D eigenvalue weighted by atomic mass is 79.9. The Balaban J connectivity index is 0.00000324. The third kappa shape index (κ3) is 7.78. The molecule has 0 saturated heterocycles. The van der Waals surface area contributed by atoms with Crippen molar-refractivity contribution < 1.29 is 9.84 Å². The number of aliphatic hydroxyl groups excluding tert-OH is 1. The monoisotopic (exact) mass is 351 g/mol. The number of benzene rings is 1. The first-order valence-electron chi connectivity index (χ1n) is 6.50. The zero-order chi connectivity index (χ0) is 13.2. The Hall–Kier alpha value is -0.290. The van der Waals surface area contributed by atoms with E-state index in [4.69, 9.17) is 9.84 Å². The van der Waals surface area contributed by atoms with Gasteiger partial charge in [-0.3, -0.25) is 0 Å². The highest BCUT2D eigenvalue weighted by Gasteiger charge is 2.03. The van der Waals surface area contributed by atoms with Crippen molar-refractivity contribution in [2.75, 3.05) is 19.8 Å². The molecule has 3 nitrogen and oxygen atoms in total. The minimum atomic E-state index is 0. The van der Waals surface area contributed by atoms with Gasteiger partial charge in [-0.05, 0) is 50.9 Å². The zero-order valence-electron chi connectivity index (χ0n) is 11.3. The molecule has 2 N–H and O–H groups in total. The fourth-order valence-corrected chi connectivity index (χ4v) is 2.15. The number of hydrogen-bond acceptors (Lipinski definition) is 3. The lowest BCUT2D eigenvalue weighted by Gasteiger charge is -2.11. The predicted octanol–water partition coefficient (Wildman–Crippen LogP) is 3.52. The summed E-state index contributed by atoms with van der Waals surface area (Å²) in [6.45, 7) is 4.76. The maximum atomic E-state index is 8.68. The van der Waals surface area contributed by atoms with E-state index in [2.05, 4.69) is 27.3 Å². The molecule has 1 aromatic rings. The van der Waals surface area contributed by atoms with Gasteiger partial charge in [-0.15, -0.1) is 12.4 Å². The van der Waals surface area contributed by atoms with Gasteiger partial charge in [0.2, 0.25) is 0 Å². The molecule has 0 fully saturated rings. The van der Waals surface area contributed by atoms with Crippen LogP contribution in [0.2, 0.25) is 0 Å². The molecule has 1 aromatic carbocycles. The van der Waals surface area contributed by atoms with Gasteiger partial charge < -0.3 is 15.2 Å². The first kappa shape index (κ1) is 18.7. The minimum absolute atomic E-state index is 0. The molecule has 0 aliphatic heterocycles. The number of hydrogen-bond donors (Lipinski definition) is 2. The smallest absolute Gasteiger partial charge is 0.123 e. The lowest BCUT2D eigenvalue weighted by molar-refractivity contribution is 0.283. The van der Waals surface area contributed by atoms with Crippen LogP contribution in [-0.4, -0.2) is 24.9 Å². The Morgan fingerprint density at radius 1 is 1.26 bits per heavy atom. The number of rotatable bonds is 9. The molecule has 0 amide bonds. The van der Waals surface area contributed by atoms with Gasteiger partial charge in [-0.1, -0.05) is 15.9 Å². The average Bonchev–Trinajstić information content (AvgIpc) is 2.37. The molecule has 0 spiro atoms. The van der Waals surface area contributed by atoms with Crippen molar-refractivity contribution in [3.05, 3.63) is 28.2 Å². The maximum absolute atomic E-state index is 8.68. The third-order valence-corrected chi connectivity index (χ3v) is 3.14. The topological polar surface area (TPSA) is 41.5 Å². The zero-order valence-corrected chi connectivity index (χ0v) is 13.7. The van der Waals surface area contributed by atoms with Crippen LogP contribution in [0.4, 0.5) is 0 Å². The Morgan fingerprint density at radius 3 is 2.74 bits per heavy atom. The second kappa shape index (κ2) is 11.5. The quantitative estimate of drug-likeness (QED) is 0.668. The number of nitrogens with one attached hydrogen (secondary N) is 1. The highest BCUT2D eigenvalue weighted by Crippen LogP contribution is 2.23. The molecule has 5 heteroatoms. The molecule has 0 aromatic heterocycles. The lowest BCUT2D eigenvalue weighted by atomic mass is 10.2. The van der Waals surface area contributed by atoms with Crippen LogP contribution in [0.25, 0.3) is 0 Å². The summed E-state index contributed by atoms with van der Waals surface area (Å²) in [5.41, 5.74) is 1.17. The molecular weight excluding hydrogens is 330 g/mol. The number of ether oxygens (including phenoxy) is 1. The molecule has 1 rings (SSSR count). The van der Waals surface area contributed by atoms with E-state index >= 15 is 0 Å². The summed E-state index contributed by atoms with van der Waals surface area (Å²) in [5.74, 6) is 0.948. The van der Waals surface area contributed by atoms with E-state index < -0.39 is 0 Å². The minimum Gasteiger partial charge on any atom is -0.494 e. The van der Waals surface area contributed by atoms with Gasteiger partial charge in [0.15, 0.2) is 0 Å². The largest absolute Gasteiger partial charge is 0.494 e. The summed E-state index contributed by atoms with van der Waals surface area (Å²) < 4.78 is 6.67. The molecule has 0 atom stereocenters. The van der Waals surface area contributed by atoms with Crippen molar-refractivity contribution in [2.24, 2.45) is 0 Å². The summed E-state index contributed by atoms with van der Waals surface area (Å²) in [5, 5.41) is 12.1. The lowest BCUT2D eigenvalue weighted by Crippen LogP contribution is -2.15. The van der Waals surface area contributed by atoms with Crippen LogP contribution in [0.5, 0.6) is 5.75 Å². The summed E-state index contributed by atoms with van der Waals surface area (Å²) in [7, 11) is 0. The number of aliphatic hydroxyl groups is 1. The van der Waals surface area contributed by atoms with Gasteiger partial charge in [0.25, 0.3) is 0 Å². The molecule has 0 aliphatic carbocycles. The van der Waals surface area contributed by atoms with Crippen LogP contribution >= 0.6 is 28.3 Å². The van der Waals surface area contributed by atoms with Crippen LogP contribution in [0.3, 0.4) is 0 Å². The molecule has 0 radical (unpaired) electrons. The molecule has 0 aliphatic rings. The third-order valence-electron chi connectivity index (χ3n) is 2.65. The number of halogens is 2. The van der Waals surface area contributed by atoms with E-state index in [1.54, 1.807) is 0 Å². The van der Waals surface area contributed by atoms with Crippen LogP contribution in [0, 0.1) is 0 Å². The van der Waals surface area contributed by atoms with E-state index in [0.717, 1.165) is 42.6 Å². The molecule has 0 unspecified atom stereocenters. The van der Waals surface area contributed by atoms with Gasteiger partial charge in [0.05, 0.1) is 6.61 Å². The second-order valence-corrected chi connectivity index (χ2v) is 5.06. The Bertz CT molecular complexity index is 350.